The Hall–Kier alpha value is -1.74. The van der Waals surface area contributed by atoms with E-state index in [1.165, 1.54) is 18.3 Å². The van der Waals surface area contributed by atoms with Gasteiger partial charge in [0.15, 0.2) is 11.6 Å². The number of sulfonamides is 1. The quantitative estimate of drug-likeness (QED) is 0.732. The van der Waals surface area contributed by atoms with E-state index >= 15 is 0 Å². The summed E-state index contributed by atoms with van der Waals surface area (Å²) < 4.78 is 52.0. The molecular weight excluding hydrogens is 407 g/mol. The van der Waals surface area contributed by atoms with Crippen molar-refractivity contribution in [3.63, 3.8) is 0 Å². The van der Waals surface area contributed by atoms with Crippen LogP contribution in [0.5, 0.6) is 5.75 Å². The highest BCUT2D eigenvalue weighted by Gasteiger charge is 2.29. The van der Waals surface area contributed by atoms with Gasteiger partial charge in [-0.3, -0.25) is 4.98 Å². The largest absolute Gasteiger partial charge is 0.490 e. The maximum atomic E-state index is 14.5. The molecule has 1 aliphatic heterocycles. The van der Waals surface area contributed by atoms with E-state index in [0.29, 0.717) is 35.9 Å². The van der Waals surface area contributed by atoms with Crippen LogP contribution in [0.3, 0.4) is 0 Å². The Bertz CT molecular complexity index is 909. The molecule has 1 aromatic heterocycles. The Morgan fingerprint density at radius 2 is 2.18 bits per heavy atom. The Labute approximate surface area is 169 Å². The number of aromatic nitrogens is 1. The molecule has 1 saturated heterocycles. The zero-order valence-corrected chi connectivity index (χ0v) is 17.0. The topological polar surface area (TPSA) is 77.5 Å². The van der Waals surface area contributed by atoms with Crippen LogP contribution in [-0.2, 0) is 14.8 Å². The van der Waals surface area contributed by atoms with Crippen LogP contribution in [0.15, 0.2) is 36.5 Å². The summed E-state index contributed by atoms with van der Waals surface area (Å²) in [5.74, 6) is -0.614. The lowest BCUT2D eigenvalue weighted by molar-refractivity contribution is 0.0180. The fraction of sp³-hybridized carbons (Fsp3) is 0.421. The van der Waals surface area contributed by atoms with Crippen molar-refractivity contribution in [3.05, 3.63) is 47.4 Å². The van der Waals surface area contributed by atoms with Crippen molar-refractivity contribution >= 4 is 21.6 Å². The van der Waals surface area contributed by atoms with Crippen molar-refractivity contribution < 1.29 is 22.3 Å². The Balaban J connectivity index is 1.67. The molecule has 1 aromatic carbocycles. The van der Waals surface area contributed by atoms with E-state index in [-0.39, 0.29) is 30.1 Å². The normalized spacial score (nSPS) is 20.1. The first-order valence-electron chi connectivity index (χ1n) is 9.00. The van der Waals surface area contributed by atoms with E-state index in [1.54, 1.807) is 25.1 Å². The molecule has 1 fully saturated rings. The highest BCUT2D eigenvalue weighted by molar-refractivity contribution is 7.89. The second kappa shape index (κ2) is 9.17. The molecule has 3 rings (SSSR count). The van der Waals surface area contributed by atoms with E-state index in [2.05, 4.69) is 9.71 Å². The third kappa shape index (κ3) is 5.41. The summed E-state index contributed by atoms with van der Waals surface area (Å²) in [6, 6.07) is 7.70. The van der Waals surface area contributed by atoms with Crippen LogP contribution in [0.25, 0.3) is 11.3 Å². The van der Waals surface area contributed by atoms with Crippen LogP contribution < -0.4 is 9.46 Å². The van der Waals surface area contributed by atoms with E-state index in [4.69, 9.17) is 21.1 Å². The minimum absolute atomic E-state index is 0.00670. The molecule has 0 bridgehead atoms. The van der Waals surface area contributed by atoms with E-state index in [0.717, 1.165) is 0 Å². The fourth-order valence-electron chi connectivity index (χ4n) is 2.95. The van der Waals surface area contributed by atoms with Crippen LogP contribution in [0.4, 0.5) is 4.39 Å². The van der Waals surface area contributed by atoms with Gasteiger partial charge in [0.1, 0.15) is 0 Å². The first-order chi connectivity index (χ1) is 13.4. The first-order valence-corrected chi connectivity index (χ1v) is 11.0. The molecule has 0 spiro atoms. The van der Waals surface area contributed by atoms with E-state index < -0.39 is 15.8 Å². The molecule has 1 aliphatic rings. The Kier molecular flexibility index (Phi) is 6.87. The van der Waals surface area contributed by atoms with Crippen molar-refractivity contribution in [2.24, 2.45) is 5.92 Å². The van der Waals surface area contributed by atoms with Gasteiger partial charge in [0.25, 0.3) is 0 Å². The lowest BCUT2D eigenvalue weighted by Gasteiger charge is -2.31. The van der Waals surface area contributed by atoms with Gasteiger partial charge in [-0.1, -0.05) is 11.6 Å². The summed E-state index contributed by atoms with van der Waals surface area (Å²) in [6.07, 6.45) is 2.05. The smallest absolute Gasteiger partial charge is 0.211 e. The monoisotopic (exact) mass is 428 g/mol. The molecule has 0 aliphatic carbocycles. The highest BCUT2D eigenvalue weighted by Crippen LogP contribution is 2.26. The molecule has 2 atom stereocenters. The minimum atomic E-state index is -3.33. The molecular formula is C19H22ClFN2O4S. The Morgan fingerprint density at radius 3 is 2.86 bits per heavy atom. The third-order valence-electron chi connectivity index (χ3n) is 4.59. The molecule has 0 saturated carbocycles. The van der Waals surface area contributed by atoms with Gasteiger partial charge in [0.05, 0.1) is 29.7 Å². The van der Waals surface area contributed by atoms with Crippen LogP contribution in [0.2, 0.25) is 5.02 Å². The lowest BCUT2D eigenvalue weighted by atomic mass is 9.98. The second-order valence-corrected chi connectivity index (χ2v) is 9.05. The molecule has 0 unspecified atom stereocenters. The molecule has 2 heterocycles. The maximum Gasteiger partial charge on any atom is 0.211 e. The second-order valence-electron chi connectivity index (χ2n) is 6.57. The van der Waals surface area contributed by atoms with E-state index in [1.807, 2.05) is 0 Å². The van der Waals surface area contributed by atoms with Gasteiger partial charge >= 0.3 is 0 Å². The van der Waals surface area contributed by atoms with Crippen molar-refractivity contribution in [1.29, 1.82) is 0 Å². The summed E-state index contributed by atoms with van der Waals surface area (Å²) >= 11 is 5.82. The molecule has 2 aromatic rings. The summed E-state index contributed by atoms with van der Waals surface area (Å²) in [4.78, 5) is 4.17. The first kappa shape index (κ1) is 21.0. The van der Waals surface area contributed by atoms with Crippen LogP contribution in [-0.4, -0.2) is 45.0 Å². The zero-order valence-electron chi connectivity index (χ0n) is 15.4. The van der Waals surface area contributed by atoms with Gasteiger partial charge in [0, 0.05) is 30.3 Å². The fourth-order valence-corrected chi connectivity index (χ4v) is 4.00. The van der Waals surface area contributed by atoms with Crippen LogP contribution in [0.1, 0.15) is 13.3 Å². The number of nitrogens with one attached hydrogen (secondary N) is 1. The number of pyridine rings is 1. The van der Waals surface area contributed by atoms with Crippen LogP contribution in [0, 0.1) is 11.7 Å². The molecule has 0 radical (unpaired) electrons. The molecule has 28 heavy (non-hydrogen) atoms. The SMILES string of the molecule is CCS(=O)(=O)N[C@H]1CCOC[C@@H]1COc1ccc(-c2ccc(Cl)cn2)cc1F. The molecule has 6 nitrogen and oxygen atoms in total. The van der Waals surface area contributed by atoms with Crippen molar-refractivity contribution in [2.75, 3.05) is 25.6 Å². The highest BCUT2D eigenvalue weighted by atomic mass is 35.5. The number of benzene rings is 1. The zero-order chi connectivity index (χ0) is 20.1. The van der Waals surface area contributed by atoms with E-state index in [9.17, 15) is 12.8 Å². The van der Waals surface area contributed by atoms with Crippen molar-refractivity contribution in [3.8, 4) is 17.0 Å². The molecule has 152 valence electrons. The third-order valence-corrected chi connectivity index (χ3v) is 6.24. The molecule has 1 N–H and O–H groups in total. The number of hydrogen-bond donors (Lipinski definition) is 1. The number of rotatable bonds is 7. The average Bonchev–Trinajstić information content (AvgIpc) is 2.68. The standard InChI is InChI=1S/C19H22ClFN2O4S/c1-2-28(24,25)23-18-7-8-26-11-14(18)12-27-19-6-3-13(9-16(19)21)17-5-4-15(20)10-22-17/h3-6,9-10,14,18,23H,2,7-8,11-12H2,1H3/t14-,18+/m1/s1. The maximum absolute atomic E-state index is 14.5. The number of halogens is 2. The van der Waals surface area contributed by atoms with Gasteiger partial charge in [-0.25, -0.2) is 17.5 Å². The predicted molar refractivity (Wildman–Crippen MR) is 105 cm³/mol. The predicted octanol–water partition coefficient (Wildman–Crippen LogP) is 3.26. The summed E-state index contributed by atoms with van der Waals surface area (Å²) in [5, 5.41) is 0.507. The van der Waals surface area contributed by atoms with Crippen molar-refractivity contribution in [1.82, 2.24) is 9.71 Å². The lowest BCUT2D eigenvalue weighted by Crippen LogP contribution is -2.48. The van der Waals surface area contributed by atoms with Gasteiger partial charge in [0.2, 0.25) is 10.0 Å². The Morgan fingerprint density at radius 1 is 1.36 bits per heavy atom. The summed E-state index contributed by atoms with van der Waals surface area (Å²) in [7, 11) is -3.33. The minimum Gasteiger partial charge on any atom is -0.490 e. The number of hydrogen-bond acceptors (Lipinski definition) is 5. The average molecular weight is 429 g/mol. The van der Waals surface area contributed by atoms with Gasteiger partial charge in [-0.2, -0.15) is 0 Å². The molecule has 9 heteroatoms. The van der Waals surface area contributed by atoms with Gasteiger partial charge in [-0.15, -0.1) is 0 Å². The number of ether oxygens (including phenoxy) is 2. The molecule has 0 amide bonds. The number of nitrogens with zero attached hydrogens (tertiary/aromatic N) is 1. The summed E-state index contributed by atoms with van der Waals surface area (Å²) in [5.41, 5.74) is 1.21. The van der Waals surface area contributed by atoms with Crippen LogP contribution >= 0.6 is 11.6 Å². The van der Waals surface area contributed by atoms with Gasteiger partial charge in [-0.05, 0) is 43.7 Å². The van der Waals surface area contributed by atoms with Gasteiger partial charge < -0.3 is 9.47 Å². The van der Waals surface area contributed by atoms with Crippen molar-refractivity contribution in [2.45, 2.75) is 19.4 Å². The summed E-state index contributed by atoms with van der Waals surface area (Å²) in [6.45, 7) is 2.56.